The zero-order valence-electron chi connectivity index (χ0n) is 6.22. The molecule has 10 heavy (non-hydrogen) atoms. The van der Waals surface area contributed by atoms with E-state index in [1.54, 1.807) is 0 Å². The van der Waals surface area contributed by atoms with E-state index in [-0.39, 0.29) is 0 Å². The minimum absolute atomic E-state index is 0.829. The van der Waals surface area contributed by atoms with Gasteiger partial charge in [-0.25, -0.2) is 0 Å². The lowest BCUT2D eigenvalue weighted by Crippen LogP contribution is -1.95. The summed E-state index contributed by atoms with van der Waals surface area (Å²) in [5.74, 6) is 7.45. The Hall–Kier alpha value is -0.920. The molecule has 0 aliphatic rings. The molecule has 0 aromatic carbocycles. The van der Waals surface area contributed by atoms with E-state index in [1.807, 2.05) is 0 Å². The topological polar surface area (TPSA) is 20.2 Å². The summed E-state index contributed by atoms with van der Waals surface area (Å²) >= 11 is 0. The van der Waals surface area contributed by atoms with Crippen molar-refractivity contribution in [1.29, 1.82) is 0 Å². The second-order valence-corrected chi connectivity index (χ2v) is 1.99. The van der Waals surface area contributed by atoms with Gasteiger partial charge in [-0.15, -0.1) is 6.42 Å². The SMILES string of the molecule is C#CC(O)C#CCCCC. The molecule has 1 unspecified atom stereocenters. The van der Waals surface area contributed by atoms with E-state index in [1.165, 1.54) is 0 Å². The molecule has 0 aromatic heterocycles. The predicted molar refractivity (Wildman–Crippen MR) is 42.1 cm³/mol. The van der Waals surface area contributed by atoms with Gasteiger partial charge in [0.15, 0.2) is 6.10 Å². The van der Waals surface area contributed by atoms with Crippen LogP contribution in [0.3, 0.4) is 0 Å². The van der Waals surface area contributed by atoms with Crippen LogP contribution in [0.5, 0.6) is 0 Å². The predicted octanol–water partition coefficient (Wildman–Crippen LogP) is 1.17. The monoisotopic (exact) mass is 136 g/mol. The number of aliphatic hydroxyl groups excluding tert-OH is 1. The van der Waals surface area contributed by atoms with Crippen molar-refractivity contribution >= 4 is 0 Å². The molecule has 0 rings (SSSR count). The van der Waals surface area contributed by atoms with E-state index in [0.717, 1.165) is 19.3 Å². The van der Waals surface area contributed by atoms with Crippen molar-refractivity contribution in [2.45, 2.75) is 32.3 Å². The van der Waals surface area contributed by atoms with Gasteiger partial charge in [-0.1, -0.05) is 31.1 Å². The molecule has 1 heteroatoms. The molecule has 0 saturated carbocycles. The van der Waals surface area contributed by atoms with Crippen LogP contribution in [-0.2, 0) is 0 Å². The molecule has 0 spiro atoms. The Morgan fingerprint density at radius 1 is 1.60 bits per heavy atom. The normalized spacial score (nSPS) is 10.9. The maximum Gasteiger partial charge on any atom is 0.176 e. The van der Waals surface area contributed by atoms with Gasteiger partial charge in [0.05, 0.1) is 0 Å². The van der Waals surface area contributed by atoms with Gasteiger partial charge >= 0.3 is 0 Å². The summed E-state index contributed by atoms with van der Waals surface area (Å²) < 4.78 is 0. The number of hydrogen-bond donors (Lipinski definition) is 1. The van der Waals surface area contributed by atoms with Crippen molar-refractivity contribution in [1.82, 2.24) is 0 Å². The smallest absolute Gasteiger partial charge is 0.176 e. The molecule has 0 radical (unpaired) electrons. The minimum Gasteiger partial charge on any atom is -0.369 e. The van der Waals surface area contributed by atoms with Gasteiger partial charge in [-0.3, -0.25) is 0 Å². The summed E-state index contributed by atoms with van der Waals surface area (Å²) in [7, 11) is 0. The zero-order chi connectivity index (χ0) is 7.82. The molecule has 0 fully saturated rings. The van der Waals surface area contributed by atoms with Crippen LogP contribution in [0.4, 0.5) is 0 Å². The summed E-state index contributed by atoms with van der Waals surface area (Å²) in [5, 5.41) is 8.75. The van der Waals surface area contributed by atoms with E-state index in [2.05, 4.69) is 24.7 Å². The fourth-order valence-corrected chi connectivity index (χ4v) is 0.476. The van der Waals surface area contributed by atoms with Gasteiger partial charge in [-0.2, -0.15) is 0 Å². The second kappa shape index (κ2) is 6.20. The van der Waals surface area contributed by atoms with E-state index >= 15 is 0 Å². The Labute approximate surface area is 62.5 Å². The van der Waals surface area contributed by atoms with Crippen molar-refractivity contribution < 1.29 is 5.11 Å². The molecular formula is C9H12O. The highest BCUT2D eigenvalue weighted by molar-refractivity contribution is 5.15. The van der Waals surface area contributed by atoms with E-state index in [0.29, 0.717) is 0 Å². The number of terminal acetylenes is 1. The minimum atomic E-state index is -0.878. The van der Waals surface area contributed by atoms with Crippen LogP contribution >= 0.6 is 0 Å². The number of unbranched alkanes of at least 4 members (excludes halogenated alkanes) is 2. The van der Waals surface area contributed by atoms with Crippen LogP contribution < -0.4 is 0 Å². The number of aliphatic hydroxyl groups is 1. The van der Waals surface area contributed by atoms with Gasteiger partial charge in [0.1, 0.15) is 0 Å². The summed E-state index contributed by atoms with van der Waals surface area (Å²) in [6.07, 6.45) is 7.03. The van der Waals surface area contributed by atoms with Crippen molar-refractivity contribution in [2.75, 3.05) is 0 Å². The van der Waals surface area contributed by atoms with Crippen LogP contribution in [0.15, 0.2) is 0 Å². The quantitative estimate of drug-likeness (QED) is 0.446. The molecule has 0 aliphatic carbocycles. The lowest BCUT2D eigenvalue weighted by atomic mass is 10.2. The van der Waals surface area contributed by atoms with E-state index < -0.39 is 6.10 Å². The highest BCUT2D eigenvalue weighted by Gasteiger charge is 1.85. The molecule has 0 amide bonds. The molecule has 1 N–H and O–H groups in total. The van der Waals surface area contributed by atoms with Gasteiger partial charge < -0.3 is 5.11 Å². The molecule has 54 valence electrons. The first-order valence-electron chi connectivity index (χ1n) is 3.43. The highest BCUT2D eigenvalue weighted by atomic mass is 16.3. The first kappa shape index (κ1) is 9.08. The van der Waals surface area contributed by atoms with Crippen molar-refractivity contribution in [3.8, 4) is 24.2 Å². The standard InChI is InChI=1S/C9H12O/c1-3-5-6-7-8-9(10)4-2/h2,9-10H,3,5-6H2,1H3. The van der Waals surface area contributed by atoms with Gasteiger partial charge in [0, 0.05) is 6.42 Å². The summed E-state index contributed by atoms with van der Waals surface area (Å²) in [5.41, 5.74) is 0. The third-order valence-electron chi connectivity index (χ3n) is 1.05. The van der Waals surface area contributed by atoms with Crippen LogP contribution in [-0.4, -0.2) is 11.2 Å². The second-order valence-electron chi connectivity index (χ2n) is 1.99. The maximum atomic E-state index is 8.75. The fourth-order valence-electron chi connectivity index (χ4n) is 0.476. The Morgan fingerprint density at radius 2 is 2.30 bits per heavy atom. The first-order valence-corrected chi connectivity index (χ1v) is 3.43. The van der Waals surface area contributed by atoms with Gasteiger partial charge in [0.2, 0.25) is 0 Å². The molecule has 0 aliphatic heterocycles. The van der Waals surface area contributed by atoms with Crippen molar-refractivity contribution in [3.05, 3.63) is 0 Å². The molecule has 0 heterocycles. The van der Waals surface area contributed by atoms with Crippen LogP contribution in [0, 0.1) is 24.2 Å². The first-order chi connectivity index (χ1) is 4.81. The Bertz CT molecular complexity index is 165. The van der Waals surface area contributed by atoms with Crippen LogP contribution in [0.1, 0.15) is 26.2 Å². The van der Waals surface area contributed by atoms with Gasteiger partial charge in [-0.05, 0) is 6.42 Å². The van der Waals surface area contributed by atoms with Crippen molar-refractivity contribution in [2.24, 2.45) is 0 Å². The molecule has 0 aromatic rings. The summed E-state index contributed by atoms with van der Waals surface area (Å²) in [4.78, 5) is 0. The lowest BCUT2D eigenvalue weighted by molar-refractivity contribution is 0.289. The van der Waals surface area contributed by atoms with Crippen LogP contribution in [0.25, 0.3) is 0 Å². The molecule has 1 atom stereocenters. The average molecular weight is 136 g/mol. The van der Waals surface area contributed by atoms with E-state index in [4.69, 9.17) is 11.5 Å². The Morgan fingerprint density at radius 3 is 2.80 bits per heavy atom. The average Bonchev–Trinajstić information content (AvgIpc) is 1.98. The third kappa shape index (κ3) is 5.22. The van der Waals surface area contributed by atoms with Crippen LogP contribution in [0.2, 0.25) is 0 Å². The lowest BCUT2D eigenvalue weighted by Gasteiger charge is -1.87. The van der Waals surface area contributed by atoms with Crippen molar-refractivity contribution in [3.63, 3.8) is 0 Å². The number of hydrogen-bond acceptors (Lipinski definition) is 1. The van der Waals surface area contributed by atoms with Gasteiger partial charge in [0.25, 0.3) is 0 Å². The fraction of sp³-hybridized carbons (Fsp3) is 0.556. The maximum absolute atomic E-state index is 8.75. The molecule has 0 bridgehead atoms. The molecule has 0 saturated heterocycles. The summed E-state index contributed by atoms with van der Waals surface area (Å²) in [6, 6.07) is 0. The highest BCUT2D eigenvalue weighted by Crippen LogP contribution is 1.90. The largest absolute Gasteiger partial charge is 0.369 e. The van der Waals surface area contributed by atoms with E-state index in [9.17, 15) is 0 Å². The molecule has 1 nitrogen and oxygen atoms in total. The summed E-state index contributed by atoms with van der Waals surface area (Å²) in [6.45, 7) is 2.10. The molecular weight excluding hydrogens is 124 g/mol. The zero-order valence-corrected chi connectivity index (χ0v) is 6.22. The number of rotatable bonds is 2. The Kier molecular flexibility index (Phi) is 5.63. The third-order valence-corrected chi connectivity index (χ3v) is 1.05. The Balaban J connectivity index is 3.41.